The topological polar surface area (TPSA) is 95.5 Å². The van der Waals surface area contributed by atoms with Gasteiger partial charge in [-0.1, -0.05) is 83.9 Å². The molecule has 0 N–H and O–H groups in total. The van der Waals surface area contributed by atoms with Gasteiger partial charge < -0.3 is 4.74 Å². The zero-order valence-corrected chi connectivity index (χ0v) is 19.6. The molecule has 0 saturated carbocycles. The van der Waals surface area contributed by atoms with Crippen molar-refractivity contribution in [3.8, 4) is 0 Å². The minimum atomic E-state index is -0.843. The largest absolute Gasteiger partial charge is 0.356 e. The molecule has 35 heavy (non-hydrogen) atoms. The van der Waals surface area contributed by atoms with Crippen LogP contribution in [0, 0.1) is 20.2 Å². The van der Waals surface area contributed by atoms with Gasteiger partial charge in [0.25, 0.3) is 11.4 Å². The first-order valence-electron chi connectivity index (χ1n) is 10.5. The van der Waals surface area contributed by atoms with E-state index in [1.165, 1.54) is 24.3 Å². The molecule has 0 fully saturated rings. The number of nitro benzene ring substituents is 2. The van der Waals surface area contributed by atoms with Crippen LogP contribution in [0.3, 0.4) is 0 Å². The number of halogens is 2. The summed E-state index contributed by atoms with van der Waals surface area (Å²) in [5.74, 6) is 0. The molecule has 0 amide bonds. The van der Waals surface area contributed by atoms with Gasteiger partial charge in [-0.3, -0.25) is 20.2 Å². The van der Waals surface area contributed by atoms with Gasteiger partial charge in [0.15, 0.2) is 0 Å². The fourth-order valence-corrected chi connectivity index (χ4v) is 4.25. The van der Waals surface area contributed by atoms with E-state index in [0.29, 0.717) is 32.3 Å². The third-order valence-electron chi connectivity index (χ3n) is 5.42. The molecular formula is C26H18Cl2N2O5. The second kappa shape index (κ2) is 10.7. The number of rotatable bonds is 8. The molecule has 176 valence electrons. The first kappa shape index (κ1) is 24.3. The maximum absolute atomic E-state index is 11.4. The maximum atomic E-state index is 11.4. The molecule has 0 aromatic heterocycles. The van der Waals surface area contributed by atoms with Crippen LogP contribution in [0.4, 0.5) is 11.4 Å². The van der Waals surface area contributed by atoms with Crippen molar-refractivity contribution < 1.29 is 14.6 Å². The summed E-state index contributed by atoms with van der Waals surface area (Å²) in [5, 5.41) is 23.7. The molecule has 4 aromatic rings. The zero-order valence-electron chi connectivity index (χ0n) is 18.1. The van der Waals surface area contributed by atoms with Crippen molar-refractivity contribution in [2.45, 2.75) is 12.2 Å². The number of benzene rings is 4. The standard InChI is InChI=1S/C26H18Cl2N2O5/c27-23-13-3-1-11-21(23)25(17-7-5-9-19(15-17)29(31)32)35-26(22-12-2-4-14-24(22)28)18-8-6-10-20(16-18)30(33)34/h1-16,25-26H. The van der Waals surface area contributed by atoms with Gasteiger partial charge in [-0.15, -0.1) is 0 Å². The van der Waals surface area contributed by atoms with Gasteiger partial charge in [0.2, 0.25) is 0 Å². The number of non-ortho nitro benzene ring substituents is 2. The molecule has 0 aliphatic heterocycles. The molecule has 0 heterocycles. The molecule has 0 bridgehead atoms. The van der Waals surface area contributed by atoms with Crippen molar-refractivity contribution >= 4 is 34.6 Å². The van der Waals surface area contributed by atoms with Gasteiger partial charge in [-0.05, 0) is 23.3 Å². The van der Waals surface area contributed by atoms with E-state index >= 15 is 0 Å². The Morgan fingerprint density at radius 2 is 1.00 bits per heavy atom. The van der Waals surface area contributed by atoms with Crippen LogP contribution < -0.4 is 0 Å². The van der Waals surface area contributed by atoms with Crippen molar-refractivity contribution in [3.05, 3.63) is 150 Å². The van der Waals surface area contributed by atoms with Crippen molar-refractivity contribution in [1.29, 1.82) is 0 Å². The molecule has 4 rings (SSSR count). The summed E-state index contributed by atoms with van der Waals surface area (Å²) in [7, 11) is 0. The highest BCUT2D eigenvalue weighted by atomic mass is 35.5. The Hall–Kier alpha value is -3.78. The molecule has 9 heteroatoms. The lowest BCUT2D eigenvalue weighted by Gasteiger charge is -2.27. The predicted molar refractivity (Wildman–Crippen MR) is 134 cm³/mol. The smallest absolute Gasteiger partial charge is 0.269 e. The van der Waals surface area contributed by atoms with E-state index in [4.69, 9.17) is 27.9 Å². The van der Waals surface area contributed by atoms with Crippen LogP contribution in [0.1, 0.15) is 34.5 Å². The minimum absolute atomic E-state index is 0.104. The van der Waals surface area contributed by atoms with Crippen LogP contribution >= 0.6 is 23.2 Å². The zero-order chi connectivity index (χ0) is 24.9. The summed E-state index contributed by atoms with van der Waals surface area (Å²) in [6, 6.07) is 26.2. The van der Waals surface area contributed by atoms with E-state index in [2.05, 4.69) is 0 Å². The van der Waals surface area contributed by atoms with Gasteiger partial charge in [0.05, 0.1) is 9.85 Å². The Labute approximate surface area is 210 Å². The average Bonchev–Trinajstić information content (AvgIpc) is 2.86. The van der Waals surface area contributed by atoms with Crippen LogP contribution in [0.15, 0.2) is 97.1 Å². The van der Waals surface area contributed by atoms with E-state index in [0.717, 1.165) is 0 Å². The highest BCUT2D eigenvalue weighted by molar-refractivity contribution is 6.31. The van der Waals surface area contributed by atoms with Crippen molar-refractivity contribution in [3.63, 3.8) is 0 Å². The Morgan fingerprint density at radius 3 is 1.37 bits per heavy atom. The van der Waals surface area contributed by atoms with Crippen LogP contribution in [-0.2, 0) is 4.74 Å². The van der Waals surface area contributed by atoms with E-state index < -0.39 is 22.1 Å². The predicted octanol–water partition coefficient (Wildman–Crippen LogP) is 7.71. The summed E-state index contributed by atoms with van der Waals surface area (Å²) >= 11 is 13.0. The quantitative estimate of drug-likeness (QED) is 0.179. The van der Waals surface area contributed by atoms with Gasteiger partial charge >= 0.3 is 0 Å². The van der Waals surface area contributed by atoms with Crippen molar-refractivity contribution in [2.24, 2.45) is 0 Å². The molecule has 0 saturated heterocycles. The molecule has 2 atom stereocenters. The highest BCUT2D eigenvalue weighted by Gasteiger charge is 2.28. The number of ether oxygens (including phenoxy) is 1. The van der Waals surface area contributed by atoms with E-state index in [1.54, 1.807) is 72.8 Å². The lowest BCUT2D eigenvalue weighted by atomic mass is 9.97. The normalized spacial score (nSPS) is 12.6. The van der Waals surface area contributed by atoms with Gasteiger partial charge in [-0.25, -0.2) is 0 Å². The fourth-order valence-electron chi connectivity index (χ4n) is 3.78. The van der Waals surface area contributed by atoms with Crippen LogP contribution in [0.2, 0.25) is 10.0 Å². The van der Waals surface area contributed by atoms with Crippen LogP contribution in [0.5, 0.6) is 0 Å². The monoisotopic (exact) mass is 508 g/mol. The molecule has 7 nitrogen and oxygen atoms in total. The van der Waals surface area contributed by atoms with Gasteiger partial charge in [-0.2, -0.15) is 0 Å². The molecular weight excluding hydrogens is 491 g/mol. The lowest BCUT2D eigenvalue weighted by molar-refractivity contribution is -0.385. The molecule has 2 unspecified atom stereocenters. The Morgan fingerprint density at radius 1 is 0.600 bits per heavy atom. The Bertz CT molecular complexity index is 1290. The van der Waals surface area contributed by atoms with E-state index in [-0.39, 0.29) is 11.4 Å². The van der Waals surface area contributed by atoms with Crippen molar-refractivity contribution in [2.75, 3.05) is 0 Å². The lowest BCUT2D eigenvalue weighted by Crippen LogP contribution is -2.14. The number of hydrogen-bond donors (Lipinski definition) is 0. The Balaban J connectivity index is 1.90. The van der Waals surface area contributed by atoms with E-state index in [1.807, 2.05) is 0 Å². The molecule has 4 aromatic carbocycles. The molecule has 0 aliphatic carbocycles. The van der Waals surface area contributed by atoms with Crippen LogP contribution in [-0.4, -0.2) is 9.85 Å². The summed E-state index contributed by atoms with van der Waals surface area (Å²) in [6.07, 6.45) is -1.69. The second-order valence-electron chi connectivity index (χ2n) is 7.64. The second-order valence-corrected chi connectivity index (χ2v) is 8.46. The first-order valence-corrected chi connectivity index (χ1v) is 11.2. The summed E-state index contributed by atoms with van der Waals surface area (Å²) in [6.45, 7) is 0. The fraction of sp³-hybridized carbons (Fsp3) is 0.0769. The first-order chi connectivity index (χ1) is 16.8. The van der Waals surface area contributed by atoms with E-state index in [9.17, 15) is 20.2 Å². The number of nitrogens with zero attached hydrogens (tertiary/aromatic N) is 2. The van der Waals surface area contributed by atoms with Crippen LogP contribution in [0.25, 0.3) is 0 Å². The average molecular weight is 509 g/mol. The third kappa shape index (κ3) is 5.49. The van der Waals surface area contributed by atoms with Gasteiger partial charge in [0.1, 0.15) is 12.2 Å². The van der Waals surface area contributed by atoms with Crippen molar-refractivity contribution in [1.82, 2.24) is 0 Å². The van der Waals surface area contributed by atoms with Gasteiger partial charge in [0, 0.05) is 45.4 Å². The molecule has 0 radical (unpaired) electrons. The summed E-state index contributed by atoms with van der Waals surface area (Å²) in [4.78, 5) is 21.9. The Kier molecular flexibility index (Phi) is 7.41. The number of nitro groups is 2. The SMILES string of the molecule is O=[N+]([O-])c1cccc(C(OC(c2cccc([N+](=O)[O-])c2)c2ccccc2Cl)c2ccccc2Cl)c1. The number of hydrogen-bond acceptors (Lipinski definition) is 5. The molecule has 0 spiro atoms. The highest BCUT2D eigenvalue weighted by Crippen LogP contribution is 2.41. The maximum Gasteiger partial charge on any atom is 0.269 e. The minimum Gasteiger partial charge on any atom is -0.356 e. The summed E-state index contributed by atoms with van der Waals surface area (Å²) < 4.78 is 6.61. The summed E-state index contributed by atoms with van der Waals surface area (Å²) in [5.41, 5.74) is 1.94. The molecule has 0 aliphatic rings. The third-order valence-corrected chi connectivity index (χ3v) is 6.10.